The minimum atomic E-state index is -0.585. The van der Waals surface area contributed by atoms with Gasteiger partial charge in [0.25, 0.3) is 0 Å². The van der Waals surface area contributed by atoms with E-state index in [2.05, 4.69) is 32.9 Å². The molecule has 0 aromatic rings. The van der Waals surface area contributed by atoms with Crippen molar-refractivity contribution < 1.29 is 9.59 Å². The first-order valence-corrected chi connectivity index (χ1v) is 5.86. The van der Waals surface area contributed by atoms with E-state index in [0.29, 0.717) is 0 Å². The van der Waals surface area contributed by atoms with Crippen molar-refractivity contribution in [2.24, 2.45) is 28.6 Å². The smallest absolute Gasteiger partial charge is 0.210 e. The van der Waals surface area contributed by atoms with Crippen LogP contribution in [0.5, 0.6) is 0 Å². The van der Waals surface area contributed by atoms with Crippen LogP contribution in [0, 0.1) is 28.6 Å². The Morgan fingerprint density at radius 2 is 1.81 bits per heavy atom. The molecule has 0 heterocycles. The van der Waals surface area contributed by atoms with Crippen molar-refractivity contribution in [1.29, 1.82) is 0 Å². The predicted molar refractivity (Wildman–Crippen MR) is 60.7 cm³/mol. The molecule has 0 radical (unpaired) electrons. The van der Waals surface area contributed by atoms with E-state index < -0.39 is 5.41 Å². The summed E-state index contributed by atoms with van der Waals surface area (Å²) < 4.78 is 0. The van der Waals surface area contributed by atoms with Gasteiger partial charge in [-0.25, -0.2) is 0 Å². The van der Waals surface area contributed by atoms with Gasteiger partial charge in [-0.15, -0.1) is 0 Å². The summed E-state index contributed by atoms with van der Waals surface area (Å²) in [5.41, 5.74) is -0.784. The molecule has 0 aliphatic heterocycles. The van der Waals surface area contributed by atoms with Crippen LogP contribution < -0.4 is 0 Å². The van der Waals surface area contributed by atoms with E-state index >= 15 is 0 Å². The summed E-state index contributed by atoms with van der Waals surface area (Å²) in [6.07, 6.45) is 8.16. The molecule has 0 N–H and O–H groups in total. The van der Waals surface area contributed by atoms with Crippen LogP contribution >= 0.6 is 0 Å². The fourth-order valence-electron chi connectivity index (χ4n) is 3.58. The van der Waals surface area contributed by atoms with E-state index in [9.17, 15) is 9.59 Å². The van der Waals surface area contributed by atoms with Crippen LogP contribution in [0.1, 0.15) is 20.8 Å². The van der Waals surface area contributed by atoms with Crippen LogP contribution in [0.15, 0.2) is 24.3 Å². The minimum absolute atomic E-state index is 0.168. The maximum atomic E-state index is 12.3. The van der Waals surface area contributed by atoms with Gasteiger partial charge in [0.1, 0.15) is 0 Å². The SMILES string of the molecule is CC(C)(C)[C@@]12C=C[C@@H](C(=O)C1=O)[C@@H]1C=C[C@@H]12. The molecule has 84 valence electrons. The second kappa shape index (κ2) is 2.55. The van der Waals surface area contributed by atoms with Gasteiger partial charge in [-0.3, -0.25) is 9.59 Å². The van der Waals surface area contributed by atoms with Gasteiger partial charge in [-0.05, 0) is 11.3 Å². The molecule has 4 atom stereocenters. The van der Waals surface area contributed by atoms with Crippen molar-refractivity contribution in [2.45, 2.75) is 20.8 Å². The van der Waals surface area contributed by atoms with Crippen LogP contribution in [-0.4, -0.2) is 11.6 Å². The predicted octanol–water partition coefficient (Wildman–Crippen LogP) is 2.16. The Bertz CT molecular complexity index is 450. The first-order chi connectivity index (χ1) is 7.39. The van der Waals surface area contributed by atoms with Crippen molar-refractivity contribution >= 4 is 11.6 Å². The molecule has 0 amide bonds. The third kappa shape index (κ3) is 0.817. The normalized spacial score (nSPS) is 44.6. The number of carbonyl (C=O) groups is 2. The minimum Gasteiger partial charge on any atom is -0.290 e. The van der Waals surface area contributed by atoms with E-state index in [-0.39, 0.29) is 34.7 Å². The number of carbonyl (C=O) groups excluding carboxylic acids is 2. The van der Waals surface area contributed by atoms with Crippen LogP contribution in [0.2, 0.25) is 0 Å². The summed E-state index contributed by atoms with van der Waals surface area (Å²) in [6, 6.07) is 0. The van der Waals surface area contributed by atoms with Gasteiger partial charge in [0.05, 0.1) is 11.3 Å². The molecular weight excluding hydrogens is 200 g/mol. The molecule has 2 bridgehead atoms. The summed E-state index contributed by atoms with van der Waals surface area (Å²) >= 11 is 0. The number of hydrogen-bond acceptors (Lipinski definition) is 2. The topological polar surface area (TPSA) is 34.1 Å². The highest BCUT2D eigenvalue weighted by Gasteiger charge is 2.65. The average Bonchev–Trinajstić information content (AvgIpc) is 2.12. The first kappa shape index (κ1) is 10.0. The highest BCUT2D eigenvalue weighted by molar-refractivity contribution is 6.42. The van der Waals surface area contributed by atoms with Crippen molar-refractivity contribution in [2.75, 3.05) is 0 Å². The van der Waals surface area contributed by atoms with Gasteiger partial charge < -0.3 is 0 Å². The molecule has 0 spiro atoms. The quantitative estimate of drug-likeness (QED) is 0.459. The number of Topliss-reactive ketones (excluding diaryl/α,β-unsaturated/α-hetero) is 2. The van der Waals surface area contributed by atoms with E-state index in [4.69, 9.17) is 0 Å². The standard InChI is InChI=1S/C14H16O2/c1-13(2,3)14-7-6-9(11(15)12(14)16)8-4-5-10(8)14/h4-10H,1-3H3/t8-,9+,10-,14+/m0/s1. The highest BCUT2D eigenvalue weighted by atomic mass is 16.2. The molecule has 0 aromatic carbocycles. The van der Waals surface area contributed by atoms with Crippen molar-refractivity contribution in [3.63, 3.8) is 0 Å². The summed E-state index contributed by atoms with van der Waals surface area (Å²) in [4.78, 5) is 24.3. The molecule has 1 fully saturated rings. The molecule has 4 aliphatic rings. The second-order valence-electron chi connectivity index (χ2n) is 6.19. The molecule has 16 heavy (non-hydrogen) atoms. The lowest BCUT2D eigenvalue weighted by Gasteiger charge is -2.58. The Balaban J connectivity index is 2.25. The Kier molecular flexibility index (Phi) is 1.60. The Labute approximate surface area is 95.4 Å². The fourth-order valence-corrected chi connectivity index (χ4v) is 3.58. The van der Waals surface area contributed by atoms with E-state index in [1.54, 1.807) is 0 Å². The lowest BCUT2D eigenvalue weighted by molar-refractivity contribution is -0.157. The van der Waals surface area contributed by atoms with E-state index in [1.165, 1.54) is 0 Å². The lowest BCUT2D eigenvalue weighted by atomic mass is 9.43. The molecular formula is C14H16O2. The molecule has 4 aliphatic carbocycles. The molecule has 1 saturated carbocycles. The first-order valence-electron chi connectivity index (χ1n) is 5.86. The van der Waals surface area contributed by atoms with E-state index in [1.807, 2.05) is 12.2 Å². The highest BCUT2D eigenvalue weighted by Crippen LogP contribution is 2.61. The van der Waals surface area contributed by atoms with Gasteiger partial charge in [0, 0.05) is 5.92 Å². The van der Waals surface area contributed by atoms with Crippen LogP contribution in [0.3, 0.4) is 0 Å². The largest absolute Gasteiger partial charge is 0.290 e. The molecule has 0 unspecified atom stereocenters. The zero-order chi connectivity index (χ0) is 11.7. The van der Waals surface area contributed by atoms with Crippen LogP contribution in [0.4, 0.5) is 0 Å². The zero-order valence-corrected chi connectivity index (χ0v) is 9.86. The summed E-state index contributed by atoms with van der Waals surface area (Å²) in [5, 5.41) is 0. The molecule has 0 aromatic heterocycles. The number of rotatable bonds is 0. The average molecular weight is 216 g/mol. The summed E-state index contributed by atoms with van der Waals surface area (Å²) in [6.45, 7) is 6.16. The van der Waals surface area contributed by atoms with Crippen LogP contribution in [-0.2, 0) is 9.59 Å². The monoisotopic (exact) mass is 216 g/mol. The number of ketones is 2. The molecule has 4 rings (SSSR count). The van der Waals surface area contributed by atoms with E-state index in [0.717, 1.165) is 0 Å². The van der Waals surface area contributed by atoms with Crippen LogP contribution in [0.25, 0.3) is 0 Å². The summed E-state index contributed by atoms with van der Waals surface area (Å²) in [5.74, 6) is -0.00465. The molecule has 0 saturated heterocycles. The van der Waals surface area contributed by atoms with Crippen molar-refractivity contribution in [1.82, 2.24) is 0 Å². The Hall–Kier alpha value is -1.18. The molecule has 2 nitrogen and oxygen atoms in total. The number of hydrogen-bond donors (Lipinski definition) is 0. The lowest BCUT2D eigenvalue weighted by Crippen LogP contribution is -2.63. The maximum absolute atomic E-state index is 12.3. The zero-order valence-electron chi connectivity index (χ0n) is 9.86. The van der Waals surface area contributed by atoms with Crippen molar-refractivity contribution in [3.05, 3.63) is 24.3 Å². The second-order valence-corrected chi connectivity index (χ2v) is 6.19. The maximum Gasteiger partial charge on any atom is 0.210 e. The van der Waals surface area contributed by atoms with Gasteiger partial charge in [-0.2, -0.15) is 0 Å². The summed E-state index contributed by atoms with van der Waals surface area (Å²) in [7, 11) is 0. The molecule has 2 heteroatoms. The van der Waals surface area contributed by atoms with Gasteiger partial charge >= 0.3 is 0 Å². The van der Waals surface area contributed by atoms with Crippen molar-refractivity contribution in [3.8, 4) is 0 Å². The third-order valence-electron chi connectivity index (χ3n) is 4.61. The third-order valence-corrected chi connectivity index (χ3v) is 4.61. The fraction of sp³-hybridized carbons (Fsp3) is 0.571. The number of allylic oxidation sites excluding steroid dienone is 4. The Morgan fingerprint density at radius 1 is 1.12 bits per heavy atom. The van der Waals surface area contributed by atoms with Gasteiger partial charge in [0.15, 0.2) is 0 Å². The Morgan fingerprint density at radius 3 is 2.31 bits per heavy atom. The number of fused-ring (bicyclic) bond motifs is 1. The van der Waals surface area contributed by atoms with Gasteiger partial charge in [-0.1, -0.05) is 45.1 Å². The van der Waals surface area contributed by atoms with Gasteiger partial charge in [0.2, 0.25) is 11.6 Å².